The number of nitrogens with one attached hydrogen (secondary N) is 2. The van der Waals surface area contributed by atoms with Crippen LogP contribution in [-0.2, 0) is 4.74 Å². The first-order chi connectivity index (χ1) is 13.7. The summed E-state index contributed by atoms with van der Waals surface area (Å²) < 4.78 is 10.5. The lowest BCUT2D eigenvalue weighted by molar-refractivity contribution is -0.383. The van der Waals surface area contributed by atoms with Crippen LogP contribution in [-0.4, -0.2) is 66.3 Å². The fourth-order valence-corrected chi connectivity index (χ4v) is 2.94. The van der Waals surface area contributed by atoms with Gasteiger partial charge >= 0.3 is 5.69 Å². The van der Waals surface area contributed by atoms with Crippen LogP contribution in [0.5, 0.6) is 5.75 Å². The summed E-state index contributed by atoms with van der Waals surface area (Å²) >= 11 is 0. The highest BCUT2D eigenvalue weighted by Crippen LogP contribution is 2.31. The molecule has 1 aromatic heterocycles. The van der Waals surface area contributed by atoms with E-state index < -0.39 is 4.92 Å². The van der Waals surface area contributed by atoms with E-state index >= 15 is 0 Å². The van der Waals surface area contributed by atoms with Crippen molar-refractivity contribution in [2.24, 2.45) is 0 Å². The number of morpholine rings is 1. The number of anilines is 3. The molecule has 150 valence electrons. The molecule has 1 aliphatic rings. The van der Waals surface area contributed by atoms with Crippen LogP contribution in [0.2, 0.25) is 0 Å². The molecule has 1 aliphatic heterocycles. The molecule has 0 amide bonds. The fourth-order valence-electron chi connectivity index (χ4n) is 2.94. The van der Waals surface area contributed by atoms with Gasteiger partial charge in [0.25, 0.3) is 0 Å². The summed E-state index contributed by atoms with van der Waals surface area (Å²) in [6.07, 6.45) is 2.15. The van der Waals surface area contributed by atoms with Crippen molar-refractivity contribution in [3.63, 3.8) is 0 Å². The predicted octanol–water partition coefficient (Wildman–Crippen LogP) is 2.27. The molecular weight excluding hydrogens is 364 g/mol. The molecule has 3 rings (SSSR count). The summed E-state index contributed by atoms with van der Waals surface area (Å²) in [5.41, 5.74) is 0.455. The first-order valence-corrected chi connectivity index (χ1v) is 9.12. The van der Waals surface area contributed by atoms with Crippen LogP contribution in [0, 0.1) is 10.1 Å². The molecule has 2 N–H and O–H groups in total. The van der Waals surface area contributed by atoms with Crippen LogP contribution in [0.15, 0.2) is 30.6 Å². The normalized spacial score (nSPS) is 14.5. The molecule has 2 heterocycles. The van der Waals surface area contributed by atoms with E-state index in [2.05, 4.69) is 25.5 Å². The smallest absolute Gasteiger partial charge is 0.353 e. The van der Waals surface area contributed by atoms with Crippen molar-refractivity contribution >= 4 is 23.0 Å². The zero-order chi connectivity index (χ0) is 19.8. The van der Waals surface area contributed by atoms with Crippen molar-refractivity contribution in [3.8, 4) is 5.75 Å². The number of hydrogen-bond acceptors (Lipinski definition) is 9. The standard InChI is InChI=1S/C18H24N6O4/c1-27-15-5-2-4-14(12-15)22-18-16(24(25)26)17(20-13-21-18)19-6-3-7-23-8-10-28-11-9-23/h2,4-5,12-13H,3,6-11H2,1H3,(H2,19,20,21,22). The van der Waals surface area contributed by atoms with Crippen molar-refractivity contribution in [1.82, 2.24) is 14.9 Å². The average molecular weight is 388 g/mol. The molecule has 10 heteroatoms. The highest BCUT2D eigenvalue weighted by atomic mass is 16.6. The molecule has 0 spiro atoms. The number of nitrogens with zero attached hydrogens (tertiary/aromatic N) is 4. The summed E-state index contributed by atoms with van der Waals surface area (Å²) in [7, 11) is 1.56. The lowest BCUT2D eigenvalue weighted by Gasteiger charge is -2.26. The molecule has 0 atom stereocenters. The third-order valence-electron chi connectivity index (χ3n) is 4.38. The molecular formula is C18H24N6O4. The minimum Gasteiger partial charge on any atom is -0.497 e. The third-order valence-corrected chi connectivity index (χ3v) is 4.38. The van der Waals surface area contributed by atoms with E-state index in [1.165, 1.54) is 6.33 Å². The van der Waals surface area contributed by atoms with E-state index in [1.807, 2.05) is 0 Å². The zero-order valence-electron chi connectivity index (χ0n) is 15.8. The SMILES string of the molecule is COc1cccc(Nc2ncnc(NCCCN3CCOCC3)c2[N+](=O)[O-])c1. The number of ether oxygens (including phenoxy) is 2. The van der Waals surface area contributed by atoms with Crippen molar-refractivity contribution < 1.29 is 14.4 Å². The second kappa shape index (κ2) is 9.81. The Balaban J connectivity index is 1.65. The second-order valence-electron chi connectivity index (χ2n) is 6.27. The maximum Gasteiger partial charge on any atom is 0.353 e. The van der Waals surface area contributed by atoms with Crippen LogP contribution < -0.4 is 15.4 Å². The third kappa shape index (κ3) is 5.27. The Bertz CT molecular complexity index is 797. The van der Waals surface area contributed by atoms with Gasteiger partial charge in [-0.25, -0.2) is 9.97 Å². The zero-order valence-corrected chi connectivity index (χ0v) is 15.8. The highest BCUT2D eigenvalue weighted by molar-refractivity contribution is 5.74. The molecule has 0 bridgehead atoms. The van der Waals surface area contributed by atoms with Crippen LogP contribution in [0.1, 0.15) is 6.42 Å². The monoisotopic (exact) mass is 388 g/mol. The quantitative estimate of drug-likeness (QED) is 0.379. The van der Waals surface area contributed by atoms with Gasteiger partial charge in [0, 0.05) is 31.4 Å². The maximum atomic E-state index is 11.6. The van der Waals surface area contributed by atoms with Gasteiger partial charge in [-0.3, -0.25) is 15.0 Å². The molecule has 0 aliphatic carbocycles. The Morgan fingerprint density at radius 2 is 2.07 bits per heavy atom. The summed E-state index contributed by atoms with van der Waals surface area (Å²) in [6, 6.07) is 7.10. The van der Waals surface area contributed by atoms with E-state index in [4.69, 9.17) is 9.47 Å². The molecule has 28 heavy (non-hydrogen) atoms. The minimum absolute atomic E-state index is 0.129. The van der Waals surface area contributed by atoms with E-state index in [9.17, 15) is 10.1 Å². The van der Waals surface area contributed by atoms with Crippen LogP contribution in [0.3, 0.4) is 0 Å². The van der Waals surface area contributed by atoms with Gasteiger partial charge in [-0.15, -0.1) is 0 Å². The molecule has 1 fully saturated rings. The van der Waals surface area contributed by atoms with Crippen molar-refractivity contribution in [2.45, 2.75) is 6.42 Å². The lowest BCUT2D eigenvalue weighted by Crippen LogP contribution is -2.37. The van der Waals surface area contributed by atoms with Crippen molar-refractivity contribution in [1.29, 1.82) is 0 Å². The molecule has 0 radical (unpaired) electrons. The molecule has 1 aromatic carbocycles. The topological polar surface area (TPSA) is 115 Å². The Morgan fingerprint density at radius 3 is 2.82 bits per heavy atom. The molecule has 0 saturated carbocycles. The largest absolute Gasteiger partial charge is 0.497 e. The minimum atomic E-state index is -0.479. The molecule has 0 unspecified atom stereocenters. The number of aromatic nitrogens is 2. The van der Waals surface area contributed by atoms with E-state index in [-0.39, 0.29) is 17.3 Å². The van der Waals surface area contributed by atoms with Gasteiger partial charge in [0.15, 0.2) is 0 Å². The summed E-state index contributed by atoms with van der Waals surface area (Å²) in [5, 5.41) is 17.7. The maximum absolute atomic E-state index is 11.6. The van der Waals surface area contributed by atoms with Gasteiger partial charge in [0.2, 0.25) is 11.6 Å². The highest BCUT2D eigenvalue weighted by Gasteiger charge is 2.23. The average Bonchev–Trinajstić information content (AvgIpc) is 2.72. The van der Waals surface area contributed by atoms with Crippen LogP contribution in [0.25, 0.3) is 0 Å². The van der Waals surface area contributed by atoms with Gasteiger partial charge < -0.3 is 20.1 Å². The number of benzene rings is 1. The van der Waals surface area contributed by atoms with Gasteiger partial charge in [0.05, 0.1) is 25.2 Å². The number of hydrogen-bond donors (Lipinski definition) is 2. The summed E-state index contributed by atoms with van der Waals surface area (Å²) in [5.74, 6) is 0.972. The number of methoxy groups -OCH3 is 1. The van der Waals surface area contributed by atoms with Crippen LogP contribution >= 0.6 is 0 Å². The summed E-state index contributed by atoms with van der Waals surface area (Å²) in [6.45, 7) is 4.83. The number of nitro groups is 1. The fraction of sp³-hybridized carbons (Fsp3) is 0.444. The Hall–Kier alpha value is -2.98. The summed E-state index contributed by atoms with van der Waals surface area (Å²) in [4.78, 5) is 21.6. The Labute approximate surface area is 163 Å². The van der Waals surface area contributed by atoms with Gasteiger partial charge in [-0.1, -0.05) is 6.07 Å². The second-order valence-corrected chi connectivity index (χ2v) is 6.27. The Kier molecular flexibility index (Phi) is 6.93. The number of rotatable bonds is 9. The van der Waals surface area contributed by atoms with Gasteiger partial charge in [-0.2, -0.15) is 0 Å². The molecule has 2 aromatic rings. The van der Waals surface area contributed by atoms with E-state index in [0.717, 1.165) is 39.3 Å². The van der Waals surface area contributed by atoms with E-state index in [1.54, 1.807) is 31.4 Å². The Morgan fingerprint density at radius 1 is 1.29 bits per heavy atom. The van der Waals surface area contributed by atoms with E-state index in [0.29, 0.717) is 18.0 Å². The van der Waals surface area contributed by atoms with Gasteiger partial charge in [0.1, 0.15) is 12.1 Å². The van der Waals surface area contributed by atoms with Crippen LogP contribution in [0.4, 0.5) is 23.0 Å². The molecule has 1 saturated heterocycles. The van der Waals surface area contributed by atoms with Gasteiger partial charge in [-0.05, 0) is 25.1 Å². The predicted molar refractivity (Wildman–Crippen MR) is 105 cm³/mol. The van der Waals surface area contributed by atoms with Crippen molar-refractivity contribution in [2.75, 3.05) is 57.1 Å². The first-order valence-electron chi connectivity index (χ1n) is 9.12. The first kappa shape index (κ1) is 19.8. The lowest BCUT2D eigenvalue weighted by atomic mass is 10.3. The van der Waals surface area contributed by atoms with Crippen molar-refractivity contribution in [3.05, 3.63) is 40.7 Å². The molecule has 10 nitrogen and oxygen atoms in total.